The van der Waals surface area contributed by atoms with E-state index in [9.17, 15) is 19.5 Å². The number of carbonyl (C=O) groups excluding carboxylic acids is 3. The average Bonchev–Trinajstić information content (AvgIpc) is 3.12. The van der Waals surface area contributed by atoms with Crippen LogP contribution in [-0.4, -0.2) is 91.0 Å². The lowest BCUT2D eigenvalue weighted by atomic mass is 9.96. The molecule has 2 aliphatic heterocycles. The number of benzene rings is 3. The smallest absolute Gasteiger partial charge is 0.303 e. The van der Waals surface area contributed by atoms with Crippen molar-refractivity contribution >= 4 is 17.9 Å². The Morgan fingerprint density at radius 1 is 0.577 bits per heavy atom. The Morgan fingerprint density at radius 2 is 1.04 bits per heavy atom. The van der Waals surface area contributed by atoms with Crippen molar-refractivity contribution in [1.29, 1.82) is 0 Å². The normalized spacial score (nSPS) is 28.8. The van der Waals surface area contributed by atoms with Gasteiger partial charge in [-0.25, -0.2) is 0 Å². The third-order valence-electron chi connectivity index (χ3n) is 8.54. The topological polar surface area (TPSA) is 155 Å². The highest BCUT2D eigenvalue weighted by molar-refractivity contribution is 5.68. The summed E-state index contributed by atoms with van der Waals surface area (Å²) in [6.45, 7) is 5.54. The van der Waals surface area contributed by atoms with Crippen LogP contribution in [0.1, 0.15) is 44.4 Å². The van der Waals surface area contributed by atoms with Gasteiger partial charge in [0, 0.05) is 20.8 Å². The molecular weight excluding hydrogens is 676 g/mol. The highest BCUT2D eigenvalue weighted by atomic mass is 16.8. The lowest BCUT2D eigenvalue weighted by Crippen LogP contribution is -2.65. The largest absolute Gasteiger partial charge is 0.463 e. The molecule has 10 atom stereocenters. The third kappa shape index (κ3) is 10.9. The first-order valence-corrected chi connectivity index (χ1v) is 17.2. The molecule has 1 N–H and O–H groups in total. The van der Waals surface area contributed by atoms with E-state index in [0.29, 0.717) is 0 Å². The molecule has 13 nitrogen and oxygen atoms in total. The summed E-state index contributed by atoms with van der Waals surface area (Å²) in [5, 5.41) is 11.3. The van der Waals surface area contributed by atoms with Crippen molar-refractivity contribution in [3.63, 3.8) is 0 Å². The molecule has 0 aliphatic carbocycles. The van der Waals surface area contributed by atoms with Crippen LogP contribution in [-0.2, 0) is 76.8 Å². The van der Waals surface area contributed by atoms with Crippen molar-refractivity contribution in [3.05, 3.63) is 108 Å². The Kier molecular flexibility index (Phi) is 14.3. The molecule has 3 aromatic carbocycles. The molecule has 2 fully saturated rings. The summed E-state index contributed by atoms with van der Waals surface area (Å²) in [7, 11) is 0. The van der Waals surface area contributed by atoms with E-state index in [-0.39, 0.29) is 19.8 Å². The Labute approximate surface area is 302 Å². The molecule has 2 saturated heterocycles. The van der Waals surface area contributed by atoms with Crippen LogP contribution in [0.25, 0.3) is 0 Å². The summed E-state index contributed by atoms with van der Waals surface area (Å²) in [6.07, 6.45) is -11.4. The van der Waals surface area contributed by atoms with Gasteiger partial charge in [0.25, 0.3) is 0 Å². The molecule has 0 aromatic heterocycles. The van der Waals surface area contributed by atoms with Gasteiger partial charge < -0.3 is 47.7 Å². The zero-order chi connectivity index (χ0) is 37.0. The lowest BCUT2D eigenvalue weighted by Gasteiger charge is -2.48. The van der Waals surface area contributed by atoms with Gasteiger partial charge in [-0.3, -0.25) is 14.4 Å². The van der Waals surface area contributed by atoms with Crippen LogP contribution in [0.15, 0.2) is 91.0 Å². The number of ether oxygens (including phenoxy) is 9. The van der Waals surface area contributed by atoms with Crippen LogP contribution >= 0.6 is 0 Å². The van der Waals surface area contributed by atoms with Gasteiger partial charge in [0.05, 0.1) is 25.9 Å². The molecule has 0 saturated carbocycles. The van der Waals surface area contributed by atoms with Crippen LogP contribution in [0, 0.1) is 0 Å². The maximum atomic E-state index is 12.4. The Balaban J connectivity index is 1.48. The Bertz CT molecular complexity index is 1560. The minimum atomic E-state index is -1.75. The summed E-state index contributed by atoms with van der Waals surface area (Å²) in [5.41, 5.74) is 2.73. The van der Waals surface area contributed by atoms with Crippen LogP contribution in [0.4, 0.5) is 0 Å². The van der Waals surface area contributed by atoms with Crippen LogP contribution in [0.2, 0.25) is 0 Å². The second-order valence-corrected chi connectivity index (χ2v) is 12.6. The lowest BCUT2D eigenvalue weighted by molar-refractivity contribution is -0.369. The van der Waals surface area contributed by atoms with Crippen LogP contribution < -0.4 is 0 Å². The van der Waals surface area contributed by atoms with Gasteiger partial charge in [0.2, 0.25) is 0 Å². The maximum Gasteiger partial charge on any atom is 0.303 e. The van der Waals surface area contributed by atoms with E-state index in [1.54, 1.807) is 0 Å². The molecule has 5 rings (SSSR count). The second kappa shape index (κ2) is 19.0. The molecule has 52 heavy (non-hydrogen) atoms. The van der Waals surface area contributed by atoms with E-state index in [1.165, 1.54) is 6.92 Å². The fourth-order valence-corrected chi connectivity index (χ4v) is 6.17. The van der Waals surface area contributed by atoms with Crippen molar-refractivity contribution in [1.82, 2.24) is 0 Å². The highest BCUT2D eigenvalue weighted by Gasteiger charge is 2.55. The third-order valence-corrected chi connectivity index (χ3v) is 8.54. The molecule has 6 unspecified atom stereocenters. The van der Waals surface area contributed by atoms with Crippen LogP contribution in [0.5, 0.6) is 0 Å². The van der Waals surface area contributed by atoms with Gasteiger partial charge in [-0.1, -0.05) is 91.0 Å². The van der Waals surface area contributed by atoms with Gasteiger partial charge in [-0.15, -0.1) is 0 Å². The Morgan fingerprint density at radius 3 is 1.52 bits per heavy atom. The SMILES string of the molecule is CC(=O)OCC1O[C@H](O)C(OC2O[C@@H](C)C(OCc3ccccc3)C(OCc3ccccc3)[C@@H]2OCc2ccccc2)C(OC(C)=O)[C@H]1OC(C)=O. The number of carbonyl (C=O) groups is 3. The predicted octanol–water partition coefficient (Wildman–Crippen LogP) is 4.02. The fourth-order valence-electron chi connectivity index (χ4n) is 6.17. The van der Waals surface area contributed by atoms with Gasteiger partial charge in [0.15, 0.2) is 30.9 Å². The van der Waals surface area contributed by atoms with Gasteiger partial charge in [0.1, 0.15) is 31.0 Å². The first kappa shape index (κ1) is 39.0. The summed E-state index contributed by atoms with van der Waals surface area (Å²) in [5.74, 6) is -2.10. The zero-order valence-corrected chi connectivity index (χ0v) is 29.6. The van der Waals surface area contributed by atoms with E-state index in [0.717, 1.165) is 30.5 Å². The van der Waals surface area contributed by atoms with Gasteiger partial charge in [-0.2, -0.15) is 0 Å². The number of aliphatic hydroxyl groups is 1. The van der Waals surface area contributed by atoms with Crippen molar-refractivity contribution in [3.8, 4) is 0 Å². The molecule has 2 aliphatic rings. The number of rotatable bonds is 15. The molecule has 0 bridgehead atoms. The quantitative estimate of drug-likeness (QED) is 0.178. The maximum absolute atomic E-state index is 12.4. The van der Waals surface area contributed by atoms with Gasteiger partial charge in [-0.05, 0) is 23.6 Å². The molecule has 2 heterocycles. The number of aliphatic hydroxyl groups excluding tert-OH is 1. The summed E-state index contributed by atoms with van der Waals surface area (Å²) < 4.78 is 54.6. The minimum absolute atomic E-state index is 0.136. The summed E-state index contributed by atoms with van der Waals surface area (Å²) in [4.78, 5) is 36.3. The minimum Gasteiger partial charge on any atom is -0.463 e. The highest BCUT2D eigenvalue weighted by Crippen LogP contribution is 2.35. The zero-order valence-electron chi connectivity index (χ0n) is 29.6. The molecule has 13 heteroatoms. The average molecular weight is 723 g/mol. The molecular formula is C39H46O13. The molecule has 0 spiro atoms. The number of hydrogen-bond donors (Lipinski definition) is 1. The number of hydrogen-bond acceptors (Lipinski definition) is 13. The monoisotopic (exact) mass is 722 g/mol. The van der Waals surface area contributed by atoms with E-state index in [2.05, 4.69) is 0 Å². The predicted molar refractivity (Wildman–Crippen MR) is 183 cm³/mol. The van der Waals surface area contributed by atoms with Crippen molar-refractivity contribution in [2.45, 2.75) is 109 Å². The second-order valence-electron chi connectivity index (χ2n) is 12.6. The van der Waals surface area contributed by atoms with Crippen molar-refractivity contribution < 1.29 is 62.1 Å². The van der Waals surface area contributed by atoms with Crippen molar-refractivity contribution in [2.24, 2.45) is 0 Å². The molecule has 3 aromatic rings. The first-order valence-electron chi connectivity index (χ1n) is 17.2. The number of esters is 3. The molecule has 0 radical (unpaired) electrons. The fraction of sp³-hybridized carbons (Fsp3) is 0.462. The summed E-state index contributed by atoms with van der Waals surface area (Å²) >= 11 is 0. The van der Waals surface area contributed by atoms with E-state index >= 15 is 0 Å². The van der Waals surface area contributed by atoms with Crippen molar-refractivity contribution in [2.75, 3.05) is 6.61 Å². The summed E-state index contributed by atoms with van der Waals surface area (Å²) in [6, 6.07) is 28.8. The molecule has 280 valence electrons. The molecule has 0 amide bonds. The van der Waals surface area contributed by atoms with Crippen LogP contribution in [0.3, 0.4) is 0 Å². The first-order chi connectivity index (χ1) is 25.1. The van der Waals surface area contributed by atoms with E-state index in [4.69, 9.17) is 42.6 Å². The standard InChI is InChI=1S/C39H46O13/c1-24-32(45-20-28-14-8-5-9-15-28)34(46-21-29-16-10-6-11-17-29)37(47-22-30-18-12-7-13-19-30)39(48-24)52-36-35(50-27(4)42)33(49-26(3)41)31(51-38(36)43)23-44-25(2)40/h5-19,24,31-39,43H,20-23H2,1-4H3/t24-,31?,32?,33-,34?,35?,36?,37-,38-,39?/m0/s1. The van der Waals surface area contributed by atoms with E-state index < -0.39 is 85.9 Å². The van der Waals surface area contributed by atoms with E-state index in [1.807, 2.05) is 97.9 Å². The van der Waals surface area contributed by atoms with Gasteiger partial charge >= 0.3 is 17.9 Å². The Hall–Kier alpha value is -4.21.